The predicted molar refractivity (Wildman–Crippen MR) is 126 cm³/mol. The molecule has 4 rings (SSSR count). The first-order valence-electron chi connectivity index (χ1n) is 9.75. The number of methoxy groups -OCH3 is 2. The van der Waals surface area contributed by atoms with E-state index in [1.54, 1.807) is 34.6 Å². The average molecular weight is 488 g/mol. The first-order valence-corrected chi connectivity index (χ1v) is 12.1. The van der Waals surface area contributed by atoms with Crippen LogP contribution in [0.3, 0.4) is 0 Å². The molecular weight excluding hydrogens is 466 g/mol. The lowest BCUT2D eigenvalue weighted by Gasteiger charge is -2.28. The van der Waals surface area contributed by atoms with Gasteiger partial charge in [-0.15, -0.1) is 17.9 Å². The standard InChI is InChI=1S/C22H21N3O6S2/c1-4-9-25-17-10-14(5-7-18(17)31-12-21(25)26)16-13-32-22(23-16)24-33(27,28)20-8-6-15(29-2)11-19(20)30-3/h4-8,10-11,13H,1,9,12H2,2-3H3,(H,23,24). The molecule has 0 fully saturated rings. The van der Waals surface area contributed by atoms with Gasteiger partial charge in [0.15, 0.2) is 11.7 Å². The van der Waals surface area contributed by atoms with E-state index in [4.69, 9.17) is 14.2 Å². The maximum atomic E-state index is 12.9. The topological polar surface area (TPSA) is 107 Å². The van der Waals surface area contributed by atoms with E-state index in [1.807, 2.05) is 0 Å². The molecule has 0 spiro atoms. The van der Waals surface area contributed by atoms with Crippen LogP contribution in [-0.4, -0.2) is 46.7 Å². The summed E-state index contributed by atoms with van der Waals surface area (Å²) in [6.07, 6.45) is 1.64. The fraction of sp³-hybridized carbons (Fsp3) is 0.182. The normalized spacial score (nSPS) is 13.2. The third kappa shape index (κ3) is 4.50. The second-order valence-electron chi connectivity index (χ2n) is 6.92. The molecule has 0 unspecified atom stereocenters. The van der Waals surface area contributed by atoms with Crippen molar-refractivity contribution in [1.29, 1.82) is 0 Å². The fourth-order valence-electron chi connectivity index (χ4n) is 3.31. The number of amides is 1. The van der Waals surface area contributed by atoms with E-state index in [0.29, 0.717) is 35.0 Å². The van der Waals surface area contributed by atoms with Crippen LogP contribution >= 0.6 is 11.3 Å². The fourth-order valence-corrected chi connectivity index (χ4v) is 5.44. The average Bonchev–Trinajstić information content (AvgIpc) is 3.27. The number of nitrogens with zero attached hydrogens (tertiary/aromatic N) is 2. The van der Waals surface area contributed by atoms with E-state index in [-0.39, 0.29) is 28.3 Å². The lowest BCUT2D eigenvalue weighted by Crippen LogP contribution is -2.38. The van der Waals surface area contributed by atoms with Gasteiger partial charge in [-0.1, -0.05) is 6.08 Å². The van der Waals surface area contributed by atoms with Crippen LogP contribution in [0.1, 0.15) is 0 Å². The lowest BCUT2D eigenvalue weighted by atomic mass is 10.1. The monoisotopic (exact) mass is 487 g/mol. The van der Waals surface area contributed by atoms with Crippen molar-refractivity contribution in [2.45, 2.75) is 4.90 Å². The molecule has 1 N–H and O–H groups in total. The Labute approximate surface area is 195 Å². The van der Waals surface area contributed by atoms with E-state index in [0.717, 1.165) is 11.3 Å². The number of carbonyl (C=O) groups excluding carboxylic acids is 1. The zero-order valence-electron chi connectivity index (χ0n) is 17.9. The third-order valence-electron chi connectivity index (χ3n) is 4.90. The minimum absolute atomic E-state index is 0.0301. The van der Waals surface area contributed by atoms with E-state index in [2.05, 4.69) is 16.3 Å². The summed E-state index contributed by atoms with van der Waals surface area (Å²) >= 11 is 1.14. The van der Waals surface area contributed by atoms with Gasteiger partial charge in [-0.25, -0.2) is 13.4 Å². The highest BCUT2D eigenvalue weighted by molar-refractivity contribution is 7.93. The Morgan fingerprint density at radius 1 is 1.24 bits per heavy atom. The number of anilines is 2. The van der Waals surface area contributed by atoms with Gasteiger partial charge in [-0.3, -0.25) is 9.52 Å². The van der Waals surface area contributed by atoms with E-state index < -0.39 is 10.0 Å². The molecule has 3 aromatic rings. The maximum Gasteiger partial charge on any atom is 0.267 e. The zero-order chi connectivity index (χ0) is 23.6. The Kier molecular flexibility index (Phi) is 6.25. The quantitative estimate of drug-likeness (QED) is 0.484. The summed E-state index contributed by atoms with van der Waals surface area (Å²) in [4.78, 5) is 18.2. The van der Waals surface area contributed by atoms with Crippen molar-refractivity contribution in [3.63, 3.8) is 0 Å². The van der Waals surface area contributed by atoms with Crippen molar-refractivity contribution in [3.8, 4) is 28.5 Å². The summed E-state index contributed by atoms with van der Waals surface area (Å²) in [6, 6.07) is 9.79. The van der Waals surface area contributed by atoms with Gasteiger partial charge in [0.25, 0.3) is 15.9 Å². The number of aromatic nitrogens is 1. The molecule has 0 radical (unpaired) electrons. The van der Waals surface area contributed by atoms with Gasteiger partial charge in [0.2, 0.25) is 0 Å². The molecule has 33 heavy (non-hydrogen) atoms. The molecule has 1 aliphatic rings. The number of ether oxygens (including phenoxy) is 3. The second kappa shape index (κ2) is 9.12. The molecule has 2 heterocycles. The van der Waals surface area contributed by atoms with Crippen LogP contribution in [0.15, 0.2) is 59.3 Å². The second-order valence-corrected chi connectivity index (χ2v) is 9.43. The Balaban J connectivity index is 1.62. The summed E-state index contributed by atoms with van der Waals surface area (Å²) in [5.41, 5.74) is 1.88. The molecule has 0 aliphatic carbocycles. The molecule has 0 bridgehead atoms. The van der Waals surface area contributed by atoms with Gasteiger partial charge in [0, 0.05) is 23.6 Å². The van der Waals surface area contributed by atoms with E-state index in [9.17, 15) is 13.2 Å². The number of hydrogen-bond acceptors (Lipinski definition) is 8. The highest BCUT2D eigenvalue weighted by Crippen LogP contribution is 2.37. The minimum atomic E-state index is -3.95. The number of rotatable bonds is 8. The molecule has 2 aromatic carbocycles. The largest absolute Gasteiger partial charge is 0.497 e. The molecule has 11 heteroatoms. The van der Waals surface area contributed by atoms with Gasteiger partial charge < -0.3 is 19.1 Å². The van der Waals surface area contributed by atoms with Gasteiger partial charge in [-0.05, 0) is 30.3 Å². The van der Waals surface area contributed by atoms with Crippen LogP contribution in [0.25, 0.3) is 11.3 Å². The zero-order valence-corrected chi connectivity index (χ0v) is 19.5. The van der Waals surface area contributed by atoms with Gasteiger partial charge in [-0.2, -0.15) is 0 Å². The van der Waals surface area contributed by atoms with Crippen LogP contribution in [0, 0.1) is 0 Å². The number of sulfonamides is 1. The molecule has 1 aromatic heterocycles. The summed E-state index contributed by atoms with van der Waals surface area (Å²) in [6.45, 7) is 4.02. The summed E-state index contributed by atoms with van der Waals surface area (Å²) < 4.78 is 44.2. The number of nitrogens with one attached hydrogen (secondary N) is 1. The lowest BCUT2D eigenvalue weighted by molar-refractivity contribution is -0.121. The SMILES string of the molecule is C=CCN1C(=O)COc2ccc(-c3csc(NS(=O)(=O)c4ccc(OC)cc4OC)n3)cc21. The van der Waals surface area contributed by atoms with Crippen molar-refractivity contribution in [2.24, 2.45) is 0 Å². The minimum Gasteiger partial charge on any atom is -0.497 e. The van der Waals surface area contributed by atoms with Crippen molar-refractivity contribution in [2.75, 3.05) is 37.0 Å². The molecule has 172 valence electrons. The van der Waals surface area contributed by atoms with Crippen molar-refractivity contribution < 1.29 is 27.4 Å². The van der Waals surface area contributed by atoms with Gasteiger partial charge in [0.1, 0.15) is 22.1 Å². The van der Waals surface area contributed by atoms with Crippen LogP contribution in [0.4, 0.5) is 10.8 Å². The number of fused-ring (bicyclic) bond motifs is 1. The summed E-state index contributed by atoms with van der Waals surface area (Å²) in [5.74, 6) is 1.05. The first kappa shape index (κ1) is 22.6. The molecule has 9 nitrogen and oxygen atoms in total. The Hall–Kier alpha value is -3.57. The molecule has 0 saturated heterocycles. The highest BCUT2D eigenvalue weighted by Gasteiger charge is 2.26. The Morgan fingerprint density at radius 3 is 2.79 bits per heavy atom. The number of thiazole rings is 1. The van der Waals surface area contributed by atoms with Crippen molar-refractivity contribution >= 4 is 38.1 Å². The van der Waals surface area contributed by atoms with E-state index in [1.165, 1.54) is 32.4 Å². The van der Waals surface area contributed by atoms with Crippen molar-refractivity contribution in [3.05, 3.63) is 54.4 Å². The first-order chi connectivity index (χ1) is 15.9. The third-order valence-corrected chi connectivity index (χ3v) is 7.16. The van der Waals surface area contributed by atoms with Crippen molar-refractivity contribution in [1.82, 2.24) is 4.98 Å². The molecular formula is C22H21N3O6S2. The molecule has 0 atom stereocenters. The number of benzene rings is 2. The molecule has 0 saturated carbocycles. The van der Waals surface area contributed by atoms with Gasteiger partial charge in [0.05, 0.1) is 25.6 Å². The van der Waals surface area contributed by atoms with Crippen LogP contribution in [0.2, 0.25) is 0 Å². The Bertz CT molecular complexity index is 1320. The smallest absolute Gasteiger partial charge is 0.267 e. The summed E-state index contributed by atoms with van der Waals surface area (Å²) in [5, 5.41) is 1.92. The van der Waals surface area contributed by atoms with Crippen LogP contribution in [0.5, 0.6) is 17.2 Å². The highest BCUT2D eigenvalue weighted by atomic mass is 32.2. The van der Waals surface area contributed by atoms with E-state index >= 15 is 0 Å². The van der Waals surface area contributed by atoms with Gasteiger partial charge >= 0.3 is 0 Å². The van der Waals surface area contributed by atoms with Crippen LogP contribution < -0.4 is 23.8 Å². The predicted octanol–water partition coefficient (Wildman–Crippen LogP) is 3.54. The molecule has 1 aliphatic heterocycles. The maximum absolute atomic E-state index is 12.9. The summed E-state index contributed by atoms with van der Waals surface area (Å²) in [7, 11) is -1.09. The van der Waals surface area contributed by atoms with Crippen LogP contribution in [-0.2, 0) is 14.8 Å². The Morgan fingerprint density at radius 2 is 2.06 bits per heavy atom. The number of hydrogen-bond donors (Lipinski definition) is 1. The number of carbonyl (C=O) groups is 1. The molecule has 1 amide bonds.